The molecule has 1 aliphatic rings. The van der Waals surface area contributed by atoms with E-state index in [1.807, 2.05) is 24.0 Å². The SMILES string of the molecule is Cc1cccc(-c2nc(N3CCOCC3)no2)c1O. The molecule has 0 unspecified atom stereocenters. The number of ether oxygens (including phenoxy) is 1. The van der Waals surface area contributed by atoms with E-state index in [9.17, 15) is 5.11 Å². The summed E-state index contributed by atoms with van der Waals surface area (Å²) in [7, 11) is 0. The zero-order chi connectivity index (χ0) is 13.2. The van der Waals surface area contributed by atoms with Gasteiger partial charge < -0.3 is 19.3 Å². The van der Waals surface area contributed by atoms with Crippen molar-refractivity contribution in [2.24, 2.45) is 0 Å². The lowest BCUT2D eigenvalue weighted by atomic mass is 10.1. The average molecular weight is 261 g/mol. The second-order valence-electron chi connectivity index (χ2n) is 4.47. The highest BCUT2D eigenvalue weighted by Crippen LogP contribution is 2.31. The molecule has 1 saturated heterocycles. The largest absolute Gasteiger partial charge is 0.507 e. The molecule has 0 bridgehead atoms. The molecule has 0 aliphatic carbocycles. The summed E-state index contributed by atoms with van der Waals surface area (Å²) in [6.45, 7) is 4.66. The standard InChI is InChI=1S/C13H15N3O3/c1-9-3-2-4-10(11(9)17)12-14-13(15-19-12)16-5-7-18-8-6-16/h2-4,17H,5-8H2,1H3. The minimum atomic E-state index is 0.180. The summed E-state index contributed by atoms with van der Waals surface area (Å²) in [4.78, 5) is 6.34. The molecule has 0 spiro atoms. The van der Waals surface area contributed by atoms with E-state index >= 15 is 0 Å². The molecule has 2 aromatic rings. The topological polar surface area (TPSA) is 71.6 Å². The molecule has 19 heavy (non-hydrogen) atoms. The summed E-state index contributed by atoms with van der Waals surface area (Å²) >= 11 is 0. The summed E-state index contributed by atoms with van der Waals surface area (Å²) in [6.07, 6.45) is 0. The van der Waals surface area contributed by atoms with E-state index in [0.717, 1.165) is 18.7 Å². The van der Waals surface area contributed by atoms with Crippen molar-refractivity contribution in [2.75, 3.05) is 31.2 Å². The van der Waals surface area contributed by atoms with Crippen LogP contribution in [0.5, 0.6) is 5.75 Å². The number of aromatic hydroxyl groups is 1. The molecular weight excluding hydrogens is 246 g/mol. The highest BCUT2D eigenvalue weighted by Gasteiger charge is 2.19. The number of hydrogen-bond acceptors (Lipinski definition) is 6. The maximum Gasteiger partial charge on any atom is 0.266 e. The van der Waals surface area contributed by atoms with Gasteiger partial charge in [0.15, 0.2) is 0 Å². The van der Waals surface area contributed by atoms with Gasteiger partial charge in [0.25, 0.3) is 11.8 Å². The lowest BCUT2D eigenvalue weighted by molar-refractivity contribution is 0.121. The van der Waals surface area contributed by atoms with Gasteiger partial charge in [-0.3, -0.25) is 0 Å². The van der Waals surface area contributed by atoms with Crippen LogP contribution in [0.2, 0.25) is 0 Å². The maximum atomic E-state index is 10.0. The molecule has 1 aromatic heterocycles. The van der Waals surface area contributed by atoms with Gasteiger partial charge in [0.2, 0.25) is 0 Å². The number of phenols is 1. The highest BCUT2D eigenvalue weighted by atomic mass is 16.5. The maximum absolute atomic E-state index is 10.0. The smallest absolute Gasteiger partial charge is 0.266 e. The number of phenolic OH excluding ortho intramolecular Hbond substituents is 1. The number of para-hydroxylation sites is 1. The summed E-state index contributed by atoms with van der Waals surface area (Å²) in [5.74, 6) is 1.06. The lowest BCUT2D eigenvalue weighted by Crippen LogP contribution is -2.36. The Bertz CT molecular complexity index is 576. The van der Waals surface area contributed by atoms with Gasteiger partial charge in [-0.25, -0.2) is 0 Å². The van der Waals surface area contributed by atoms with Gasteiger partial charge in [-0.05, 0) is 23.7 Å². The van der Waals surface area contributed by atoms with Crippen LogP contribution in [0.1, 0.15) is 5.56 Å². The number of anilines is 1. The fourth-order valence-corrected chi connectivity index (χ4v) is 2.05. The van der Waals surface area contributed by atoms with Crippen LogP contribution in [0.3, 0.4) is 0 Å². The third kappa shape index (κ3) is 2.26. The van der Waals surface area contributed by atoms with E-state index in [1.165, 1.54) is 0 Å². The van der Waals surface area contributed by atoms with Crippen LogP contribution in [-0.4, -0.2) is 41.6 Å². The molecule has 6 heteroatoms. The summed E-state index contributed by atoms with van der Waals surface area (Å²) < 4.78 is 10.5. The van der Waals surface area contributed by atoms with Crippen molar-refractivity contribution >= 4 is 5.95 Å². The van der Waals surface area contributed by atoms with Crippen LogP contribution in [0.25, 0.3) is 11.5 Å². The van der Waals surface area contributed by atoms with E-state index in [4.69, 9.17) is 9.26 Å². The predicted molar refractivity (Wildman–Crippen MR) is 69.2 cm³/mol. The first-order chi connectivity index (χ1) is 9.25. The highest BCUT2D eigenvalue weighted by molar-refractivity contribution is 5.65. The van der Waals surface area contributed by atoms with Crippen LogP contribution in [0, 0.1) is 6.92 Å². The number of benzene rings is 1. The molecule has 1 fully saturated rings. The van der Waals surface area contributed by atoms with Gasteiger partial charge in [-0.15, -0.1) is 0 Å². The Hall–Kier alpha value is -2.08. The molecule has 1 aliphatic heterocycles. The first-order valence-corrected chi connectivity index (χ1v) is 6.21. The van der Waals surface area contributed by atoms with Gasteiger partial charge >= 0.3 is 0 Å². The number of aryl methyl sites for hydroxylation is 1. The van der Waals surface area contributed by atoms with Gasteiger partial charge in [0.05, 0.1) is 18.8 Å². The molecule has 0 amide bonds. The predicted octanol–water partition coefficient (Wildman–Crippen LogP) is 1.59. The Morgan fingerprint density at radius 2 is 2.05 bits per heavy atom. The molecule has 0 atom stereocenters. The van der Waals surface area contributed by atoms with E-state index in [-0.39, 0.29) is 5.75 Å². The van der Waals surface area contributed by atoms with Crippen molar-refractivity contribution in [3.8, 4) is 17.2 Å². The molecular formula is C13H15N3O3. The van der Waals surface area contributed by atoms with Crippen LogP contribution >= 0.6 is 0 Å². The van der Waals surface area contributed by atoms with Crippen molar-refractivity contribution in [2.45, 2.75) is 6.92 Å². The summed E-state index contributed by atoms with van der Waals surface area (Å²) in [6, 6.07) is 5.44. The van der Waals surface area contributed by atoms with E-state index in [2.05, 4.69) is 10.1 Å². The minimum absolute atomic E-state index is 0.180. The molecule has 0 radical (unpaired) electrons. The molecule has 0 saturated carbocycles. The number of morpholine rings is 1. The minimum Gasteiger partial charge on any atom is -0.507 e. The first kappa shape index (κ1) is 12.0. The number of rotatable bonds is 2. The monoisotopic (exact) mass is 261 g/mol. The second-order valence-corrected chi connectivity index (χ2v) is 4.47. The quantitative estimate of drug-likeness (QED) is 0.885. The summed E-state index contributed by atoms with van der Waals surface area (Å²) in [5.41, 5.74) is 1.34. The molecule has 3 rings (SSSR count). The molecule has 2 heterocycles. The van der Waals surface area contributed by atoms with Crippen LogP contribution in [-0.2, 0) is 4.74 Å². The number of aromatic nitrogens is 2. The van der Waals surface area contributed by atoms with Gasteiger partial charge in [0, 0.05) is 13.1 Å². The van der Waals surface area contributed by atoms with Crippen LogP contribution in [0.15, 0.2) is 22.7 Å². The molecule has 6 nitrogen and oxygen atoms in total. The lowest BCUT2D eigenvalue weighted by Gasteiger charge is -2.24. The number of nitrogens with zero attached hydrogens (tertiary/aromatic N) is 3. The third-order valence-electron chi connectivity index (χ3n) is 3.18. The van der Waals surface area contributed by atoms with E-state index < -0.39 is 0 Å². The van der Waals surface area contributed by atoms with Crippen LogP contribution in [0.4, 0.5) is 5.95 Å². The van der Waals surface area contributed by atoms with Crippen molar-refractivity contribution in [1.29, 1.82) is 0 Å². The number of hydrogen-bond donors (Lipinski definition) is 1. The van der Waals surface area contributed by atoms with E-state index in [1.54, 1.807) is 6.07 Å². The second kappa shape index (κ2) is 4.89. The van der Waals surface area contributed by atoms with Gasteiger partial charge in [0.1, 0.15) is 5.75 Å². The normalized spacial score (nSPS) is 15.7. The Kier molecular flexibility index (Phi) is 3.08. The summed E-state index contributed by atoms with van der Waals surface area (Å²) in [5, 5.41) is 14.0. The Morgan fingerprint density at radius 1 is 1.26 bits per heavy atom. The Balaban J connectivity index is 1.90. The third-order valence-corrected chi connectivity index (χ3v) is 3.18. The van der Waals surface area contributed by atoms with Crippen LogP contribution < -0.4 is 4.90 Å². The zero-order valence-corrected chi connectivity index (χ0v) is 10.7. The molecule has 1 aromatic carbocycles. The van der Waals surface area contributed by atoms with Crippen molar-refractivity contribution in [3.05, 3.63) is 23.8 Å². The Labute approximate surface area is 110 Å². The molecule has 1 N–H and O–H groups in total. The Morgan fingerprint density at radius 3 is 2.84 bits per heavy atom. The van der Waals surface area contributed by atoms with Crippen molar-refractivity contribution < 1.29 is 14.4 Å². The fourth-order valence-electron chi connectivity index (χ4n) is 2.05. The van der Waals surface area contributed by atoms with Gasteiger partial charge in [-0.1, -0.05) is 12.1 Å². The van der Waals surface area contributed by atoms with E-state index in [0.29, 0.717) is 30.6 Å². The van der Waals surface area contributed by atoms with Crippen molar-refractivity contribution in [1.82, 2.24) is 10.1 Å². The molecule has 100 valence electrons. The zero-order valence-electron chi connectivity index (χ0n) is 10.7. The van der Waals surface area contributed by atoms with Crippen molar-refractivity contribution in [3.63, 3.8) is 0 Å². The van der Waals surface area contributed by atoms with Gasteiger partial charge in [-0.2, -0.15) is 4.98 Å². The average Bonchev–Trinajstić information content (AvgIpc) is 2.92. The first-order valence-electron chi connectivity index (χ1n) is 6.21. The fraction of sp³-hybridized carbons (Fsp3) is 0.385.